The van der Waals surface area contributed by atoms with E-state index < -0.39 is 0 Å². The molecular formula is C15H20Cl3N3. The fourth-order valence-electron chi connectivity index (χ4n) is 2.47. The zero-order valence-electron chi connectivity index (χ0n) is 12.5. The van der Waals surface area contributed by atoms with Gasteiger partial charge in [0.25, 0.3) is 0 Å². The molecule has 0 radical (unpaired) electrons. The maximum absolute atomic E-state index is 6.17. The van der Waals surface area contributed by atoms with Crippen molar-refractivity contribution in [2.75, 3.05) is 26.5 Å². The van der Waals surface area contributed by atoms with E-state index in [1.54, 1.807) is 0 Å². The molecule has 1 aromatic carbocycles. The second-order valence-electron chi connectivity index (χ2n) is 5.53. The molecule has 1 heterocycles. The summed E-state index contributed by atoms with van der Waals surface area (Å²) in [6.45, 7) is 3.22. The first-order valence-corrected chi connectivity index (χ1v) is 8.29. The highest BCUT2D eigenvalue weighted by Gasteiger charge is 2.17. The summed E-state index contributed by atoms with van der Waals surface area (Å²) < 4.78 is 2.24. The predicted molar refractivity (Wildman–Crippen MR) is 92.1 cm³/mol. The molecule has 0 fully saturated rings. The molecule has 2 aromatic rings. The third-order valence-electron chi connectivity index (χ3n) is 3.56. The molecule has 0 saturated carbocycles. The quantitative estimate of drug-likeness (QED) is 0.709. The van der Waals surface area contributed by atoms with Crippen molar-refractivity contribution >= 4 is 45.8 Å². The summed E-state index contributed by atoms with van der Waals surface area (Å²) in [5.41, 5.74) is 1.90. The average Bonchev–Trinajstić information content (AvgIpc) is 2.74. The number of alkyl halides is 1. The molecule has 0 aliphatic heterocycles. The lowest BCUT2D eigenvalue weighted by molar-refractivity contribution is 0.357. The molecule has 1 atom stereocenters. The summed E-state index contributed by atoms with van der Waals surface area (Å²) in [5, 5.41) is 1.09. The van der Waals surface area contributed by atoms with Crippen molar-refractivity contribution in [2.45, 2.75) is 25.8 Å². The standard InChI is InChI=1S/C15H20Cl3N3/c1-10(5-7-20(2)3)21-14-9-12(18)11(17)8-13(14)19-15(21)4-6-16/h8-10H,4-7H2,1-3H3. The van der Waals surface area contributed by atoms with Gasteiger partial charge in [-0.25, -0.2) is 4.98 Å². The fourth-order valence-corrected chi connectivity index (χ4v) is 2.95. The molecule has 0 spiro atoms. The molecule has 0 aliphatic rings. The minimum Gasteiger partial charge on any atom is -0.325 e. The van der Waals surface area contributed by atoms with Crippen LogP contribution < -0.4 is 0 Å². The number of halogens is 3. The van der Waals surface area contributed by atoms with Crippen molar-refractivity contribution in [3.8, 4) is 0 Å². The minimum absolute atomic E-state index is 0.327. The van der Waals surface area contributed by atoms with Crippen molar-refractivity contribution in [3.05, 3.63) is 28.0 Å². The molecule has 6 heteroatoms. The number of aryl methyl sites for hydroxylation is 1. The van der Waals surface area contributed by atoms with Gasteiger partial charge in [0.1, 0.15) is 5.82 Å². The zero-order valence-corrected chi connectivity index (χ0v) is 14.8. The van der Waals surface area contributed by atoms with Gasteiger partial charge in [0.2, 0.25) is 0 Å². The zero-order chi connectivity index (χ0) is 15.6. The normalized spacial score (nSPS) is 13.3. The molecule has 21 heavy (non-hydrogen) atoms. The summed E-state index contributed by atoms with van der Waals surface area (Å²) in [7, 11) is 4.16. The van der Waals surface area contributed by atoms with Gasteiger partial charge in [-0.2, -0.15) is 0 Å². The first-order chi connectivity index (χ1) is 9.93. The van der Waals surface area contributed by atoms with Crippen molar-refractivity contribution < 1.29 is 0 Å². The fraction of sp³-hybridized carbons (Fsp3) is 0.533. The molecule has 2 rings (SSSR count). The number of hydrogen-bond donors (Lipinski definition) is 0. The second kappa shape index (κ2) is 7.19. The summed E-state index contributed by atoms with van der Waals surface area (Å²) in [4.78, 5) is 6.86. The van der Waals surface area contributed by atoms with Gasteiger partial charge >= 0.3 is 0 Å². The van der Waals surface area contributed by atoms with E-state index in [1.807, 2.05) is 12.1 Å². The lowest BCUT2D eigenvalue weighted by Gasteiger charge is -2.19. The number of hydrogen-bond acceptors (Lipinski definition) is 2. The van der Waals surface area contributed by atoms with Gasteiger partial charge in [0.15, 0.2) is 0 Å². The molecule has 0 saturated heterocycles. The van der Waals surface area contributed by atoms with Crippen LogP contribution in [-0.4, -0.2) is 41.0 Å². The van der Waals surface area contributed by atoms with Gasteiger partial charge in [-0.3, -0.25) is 0 Å². The molecule has 1 unspecified atom stereocenters. The lowest BCUT2D eigenvalue weighted by Crippen LogP contribution is -2.18. The maximum Gasteiger partial charge on any atom is 0.111 e. The highest BCUT2D eigenvalue weighted by molar-refractivity contribution is 6.42. The van der Waals surface area contributed by atoms with Crippen LogP contribution in [0, 0.1) is 0 Å². The van der Waals surface area contributed by atoms with Crippen LogP contribution >= 0.6 is 34.8 Å². The molecule has 3 nitrogen and oxygen atoms in total. The first-order valence-electron chi connectivity index (χ1n) is 7.00. The Hall–Kier alpha value is -0.480. The highest BCUT2D eigenvalue weighted by atomic mass is 35.5. The summed E-state index contributed by atoms with van der Waals surface area (Å²) in [6.07, 6.45) is 1.77. The van der Waals surface area contributed by atoms with Gasteiger partial charge in [-0.05, 0) is 46.1 Å². The number of rotatable bonds is 6. The van der Waals surface area contributed by atoms with Crippen LogP contribution in [-0.2, 0) is 6.42 Å². The van der Waals surface area contributed by atoms with E-state index in [9.17, 15) is 0 Å². The van der Waals surface area contributed by atoms with Crippen LogP contribution in [0.4, 0.5) is 0 Å². The Kier molecular flexibility index (Phi) is 5.78. The lowest BCUT2D eigenvalue weighted by atomic mass is 10.2. The van der Waals surface area contributed by atoms with Gasteiger partial charge in [-0.1, -0.05) is 23.2 Å². The van der Waals surface area contributed by atoms with Gasteiger partial charge in [0, 0.05) is 18.3 Å². The third kappa shape index (κ3) is 3.84. The Balaban J connectivity index is 2.47. The van der Waals surface area contributed by atoms with Crippen LogP contribution in [0.15, 0.2) is 12.1 Å². The van der Waals surface area contributed by atoms with Crippen LogP contribution in [0.5, 0.6) is 0 Å². The smallest absolute Gasteiger partial charge is 0.111 e. The Morgan fingerprint density at radius 2 is 1.90 bits per heavy atom. The number of aromatic nitrogens is 2. The summed E-state index contributed by atoms with van der Waals surface area (Å²) in [5.74, 6) is 1.54. The van der Waals surface area contributed by atoms with Gasteiger partial charge < -0.3 is 9.47 Å². The average molecular weight is 349 g/mol. The predicted octanol–water partition coefficient (Wildman–Crippen LogP) is 4.64. The Morgan fingerprint density at radius 3 is 2.52 bits per heavy atom. The van der Waals surface area contributed by atoms with Crippen molar-refractivity contribution in [3.63, 3.8) is 0 Å². The maximum atomic E-state index is 6.17. The first kappa shape index (κ1) is 16.9. The van der Waals surface area contributed by atoms with Crippen LogP contribution in [0.1, 0.15) is 25.2 Å². The Morgan fingerprint density at radius 1 is 1.24 bits per heavy atom. The molecule has 0 bridgehead atoms. The third-order valence-corrected chi connectivity index (χ3v) is 4.47. The number of nitrogens with zero attached hydrogens (tertiary/aromatic N) is 3. The SMILES string of the molecule is CC(CCN(C)C)n1c(CCCl)nc2cc(Cl)c(Cl)cc21. The van der Waals surface area contributed by atoms with E-state index >= 15 is 0 Å². The minimum atomic E-state index is 0.327. The van der Waals surface area contributed by atoms with Crippen LogP contribution in [0.3, 0.4) is 0 Å². The van der Waals surface area contributed by atoms with Crippen molar-refractivity contribution in [1.82, 2.24) is 14.5 Å². The van der Waals surface area contributed by atoms with Crippen LogP contribution in [0.25, 0.3) is 11.0 Å². The van der Waals surface area contributed by atoms with Crippen molar-refractivity contribution in [1.29, 1.82) is 0 Å². The number of imidazole rings is 1. The summed E-state index contributed by atoms with van der Waals surface area (Å²) in [6, 6.07) is 4.05. The second-order valence-corrected chi connectivity index (χ2v) is 6.73. The number of benzene rings is 1. The molecule has 116 valence electrons. The van der Waals surface area contributed by atoms with E-state index in [0.717, 1.165) is 36.2 Å². The van der Waals surface area contributed by atoms with E-state index in [0.29, 0.717) is 22.0 Å². The molecule has 0 N–H and O–H groups in total. The van der Waals surface area contributed by atoms with Gasteiger partial charge in [-0.15, -0.1) is 11.6 Å². The molecule has 1 aromatic heterocycles. The summed E-state index contributed by atoms with van der Waals surface area (Å²) >= 11 is 18.2. The molecular weight excluding hydrogens is 329 g/mol. The van der Waals surface area contributed by atoms with E-state index in [-0.39, 0.29) is 0 Å². The Bertz CT molecular complexity index is 622. The molecule has 0 aliphatic carbocycles. The highest BCUT2D eigenvalue weighted by Crippen LogP contribution is 2.31. The van der Waals surface area contributed by atoms with Gasteiger partial charge in [0.05, 0.1) is 21.1 Å². The van der Waals surface area contributed by atoms with Crippen molar-refractivity contribution in [2.24, 2.45) is 0 Å². The monoisotopic (exact) mass is 347 g/mol. The largest absolute Gasteiger partial charge is 0.325 e. The number of fused-ring (bicyclic) bond motifs is 1. The Labute approximate surface area is 140 Å². The molecule has 0 amide bonds. The van der Waals surface area contributed by atoms with E-state index in [4.69, 9.17) is 34.8 Å². The topological polar surface area (TPSA) is 21.1 Å². The van der Waals surface area contributed by atoms with Crippen LogP contribution in [0.2, 0.25) is 10.0 Å². The van der Waals surface area contributed by atoms with E-state index in [1.165, 1.54) is 0 Å². The van der Waals surface area contributed by atoms with E-state index in [2.05, 4.69) is 35.5 Å².